The molecule has 6 heteroatoms. The molecular weight excluding hydrogens is 334 g/mol. The van der Waals surface area contributed by atoms with Gasteiger partial charge < -0.3 is 8.94 Å². The van der Waals surface area contributed by atoms with E-state index in [1.165, 1.54) is 17.3 Å². The zero-order chi connectivity index (χ0) is 17.1. The summed E-state index contributed by atoms with van der Waals surface area (Å²) in [6.07, 6.45) is 0. The molecule has 0 atom stereocenters. The highest BCUT2D eigenvalue weighted by Crippen LogP contribution is 2.27. The third-order valence-electron chi connectivity index (χ3n) is 3.67. The van der Waals surface area contributed by atoms with Crippen LogP contribution in [-0.4, -0.2) is 15.4 Å². The van der Waals surface area contributed by atoms with Crippen LogP contribution in [0.1, 0.15) is 11.3 Å². The SMILES string of the molecule is Cc1ccc(-c2nnc(SCc3cc(-c4ccccc4)on3)o2)cc1. The van der Waals surface area contributed by atoms with Gasteiger partial charge in [0.15, 0.2) is 5.76 Å². The standard InChI is InChI=1S/C19H15N3O2S/c1-13-7-9-15(10-8-13)18-20-21-19(23-18)25-12-16-11-17(24-22-16)14-5-3-2-4-6-14/h2-11H,12H2,1H3. The summed E-state index contributed by atoms with van der Waals surface area (Å²) in [7, 11) is 0. The normalized spacial score (nSPS) is 10.9. The molecule has 2 aromatic heterocycles. The number of aromatic nitrogens is 3. The summed E-state index contributed by atoms with van der Waals surface area (Å²) in [5, 5.41) is 12.8. The van der Waals surface area contributed by atoms with Gasteiger partial charge in [0.1, 0.15) is 0 Å². The Hall–Kier alpha value is -2.86. The first-order valence-corrected chi connectivity index (χ1v) is 8.81. The second kappa shape index (κ2) is 6.94. The van der Waals surface area contributed by atoms with Crippen LogP contribution in [0.4, 0.5) is 0 Å². The maximum atomic E-state index is 5.71. The number of thioether (sulfide) groups is 1. The Morgan fingerprint density at radius 3 is 2.52 bits per heavy atom. The van der Waals surface area contributed by atoms with Gasteiger partial charge in [-0.25, -0.2) is 0 Å². The lowest BCUT2D eigenvalue weighted by molar-refractivity contribution is 0.426. The van der Waals surface area contributed by atoms with Gasteiger partial charge in [-0.3, -0.25) is 0 Å². The third-order valence-corrected chi connectivity index (χ3v) is 4.52. The fourth-order valence-corrected chi connectivity index (χ4v) is 2.98. The van der Waals surface area contributed by atoms with Crippen LogP contribution in [0.3, 0.4) is 0 Å². The molecule has 124 valence electrons. The summed E-state index contributed by atoms with van der Waals surface area (Å²) >= 11 is 1.44. The second-order valence-corrected chi connectivity index (χ2v) is 6.50. The molecular formula is C19H15N3O2S. The minimum Gasteiger partial charge on any atom is -0.411 e. The first kappa shape index (κ1) is 15.7. The number of hydrogen-bond acceptors (Lipinski definition) is 6. The average molecular weight is 349 g/mol. The first-order valence-electron chi connectivity index (χ1n) is 7.82. The van der Waals surface area contributed by atoms with Crippen LogP contribution in [-0.2, 0) is 5.75 Å². The van der Waals surface area contributed by atoms with Crippen LogP contribution in [0.5, 0.6) is 0 Å². The van der Waals surface area contributed by atoms with Crippen molar-refractivity contribution in [1.82, 2.24) is 15.4 Å². The molecule has 4 rings (SSSR count). The maximum absolute atomic E-state index is 5.71. The fraction of sp³-hybridized carbons (Fsp3) is 0.105. The number of hydrogen-bond donors (Lipinski definition) is 0. The molecule has 0 bridgehead atoms. The highest BCUT2D eigenvalue weighted by Gasteiger charge is 2.11. The lowest BCUT2D eigenvalue weighted by Gasteiger charge is -1.95. The van der Waals surface area contributed by atoms with Gasteiger partial charge in [0.25, 0.3) is 5.22 Å². The highest BCUT2D eigenvalue weighted by atomic mass is 32.2. The summed E-state index contributed by atoms with van der Waals surface area (Å²) in [6.45, 7) is 2.04. The van der Waals surface area contributed by atoms with Crippen molar-refractivity contribution in [1.29, 1.82) is 0 Å². The van der Waals surface area contributed by atoms with Crippen molar-refractivity contribution in [2.24, 2.45) is 0 Å². The van der Waals surface area contributed by atoms with Crippen molar-refractivity contribution in [3.8, 4) is 22.8 Å². The molecule has 2 aromatic carbocycles. The van der Waals surface area contributed by atoms with E-state index in [1.54, 1.807) is 0 Å². The molecule has 0 fully saturated rings. The second-order valence-electron chi connectivity index (χ2n) is 5.58. The molecule has 0 amide bonds. The summed E-state index contributed by atoms with van der Waals surface area (Å²) in [6, 6.07) is 19.8. The Kier molecular flexibility index (Phi) is 4.35. The number of benzene rings is 2. The molecule has 0 aliphatic carbocycles. The van der Waals surface area contributed by atoms with Crippen LogP contribution in [0, 0.1) is 6.92 Å². The van der Waals surface area contributed by atoms with Crippen LogP contribution in [0.25, 0.3) is 22.8 Å². The van der Waals surface area contributed by atoms with Crippen molar-refractivity contribution in [3.05, 3.63) is 71.9 Å². The van der Waals surface area contributed by atoms with Crippen molar-refractivity contribution in [2.45, 2.75) is 17.9 Å². The predicted molar refractivity (Wildman–Crippen MR) is 96.0 cm³/mol. The van der Waals surface area contributed by atoms with Crippen molar-refractivity contribution in [2.75, 3.05) is 0 Å². The summed E-state index contributed by atoms with van der Waals surface area (Å²) in [5.41, 5.74) is 3.94. The molecule has 0 saturated carbocycles. The third kappa shape index (κ3) is 3.64. The topological polar surface area (TPSA) is 65.0 Å². The first-order chi connectivity index (χ1) is 12.3. The number of nitrogens with zero attached hydrogens (tertiary/aromatic N) is 3. The Balaban J connectivity index is 1.42. The Morgan fingerprint density at radius 2 is 1.72 bits per heavy atom. The predicted octanol–water partition coefficient (Wildman–Crippen LogP) is 4.99. The van der Waals surface area contributed by atoms with Crippen molar-refractivity contribution >= 4 is 11.8 Å². The van der Waals surface area contributed by atoms with E-state index >= 15 is 0 Å². The quantitative estimate of drug-likeness (QED) is 0.473. The molecule has 0 aliphatic heterocycles. The van der Waals surface area contributed by atoms with Gasteiger partial charge in [-0.05, 0) is 19.1 Å². The number of rotatable bonds is 5. The molecule has 0 radical (unpaired) electrons. The van der Waals surface area contributed by atoms with E-state index < -0.39 is 0 Å². The van der Waals surface area contributed by atoms with Gasteiger partial charge in [0, 0.05) is 22.9 Å². The van der Waals surface area contributed by atoms with E-state index in [0.29, 0.717) is 16.9 Å². The van der Waals surface area contributed by atoms with Crippen LogP contribution >= 0.6 is 11.8 Å². The molecule has 2 heterocycles. The molecule has 0 spiro atoms. The van der Waals surface area contributed by atoms with E-state index in [0.717, 1.165) is 22.6 Å². The van der Waals surface area contributed by atoms with E-state index in [1.807, 2.05) is 67.6 Å². The van der Waals surface area contributed by atoms with Gasteiger partial charge in [-0.2, -0.15) is 0 Å². The van der Waals surface area contributed by atoms with Gasteiger partial charge in [0.2, 0.25) is 5.89 Å². The zero-order valence-corrected chi connectivity index (χ0v) is 14.4. The van der Waals surface area contributed by atoms with Gasteiger partial charge >= 0.3 is 0 Å². The molecule has 0 unspecified atom stereocenters. The largest absolute Gasteiger partial charge is 0.411 e. The lowest BCUT2D eigenvalue weighted by Crippen LogP contribution is -1.79. The number of aryl methyl sites for hydroxylation is 1. The fourth-order valence-electron chi connectivity index (χ4n) is 2.33. The smallest absolute Gasteiger partial charge is 0.277 e. The van der Waals surface area contributed by atoms with Crippen LogP contribution in [0.15, 0.2) is 74.8 Å². The minimum absolute atomic E-state index is 0.514. The van der Waals surface area contributed by atoms with E-state index in [-0.39, 0.29) is 0 Å². The average Bonchev–Trinajstić information content (AvgIpc) is 3.31. The van der Waals surface area contributed by atoms with Crippen LogP contribution < -0.4 is 0 Å². The molecule has 0 saturated heterocycles. The molecule has 0 N–H and O–H groups in total. The zero-order valence-electron chi connectivity index (χ0n) is 13.5. The Labute approximate surface area is 149 Å². The monoisotopic (exact) mass is 349 g/mol. The summed E-state index contributed by atoms with van der Waals surface area (Å²) < 4.78 is 11.1. The molecule has 25 heavy (non-hydrogen) atoms. The highest BCUT2D eigenvalue weighted by molar-refractivity contribution is 7.98. The van der Waals surface area contributed by atoms with Gasteiger partial charge in [-0.15, -0.1) is 10.2 Å². The molecule has 4 aromatic rings. The summed E-state index contributed by atoms with van der Waals surface area (Å²) in [5.74, 6) is 1.88. The lowest BCUT2D eigenvalue weighted by atomic mass is 10.1. The van der Waals surface area contributed by atoms with Crippen molar-refractivity contribution < 1.29 is 8.94 Å². The van der Waals surface area contributed by atoms with E-state index in [4.69, 9.17) is 8.94 Å². The van der Waals surface area contributed by atoms with E-state index in [9.17, 15) is 0 Å². The van der Waals surface area contributed by atoms with E-state index in [2.05, 4.69) is 15.4 Å². The van der Waals surface area contributed by atoms with Gasteiger partial charge in [0.05, 0.1) is 5.69 Å². The van der Waals surface area contributed by atoms with Gasteiger partial charge in [-0.1, -0.05) is 64.9 Å². The molecule has 0 aliphatic rings. The maximum Gasteiger partial charge on any atom is 0.277 e. The molecule has 5 nitrogen and oxygen atoms in total. The Bertz CT molecular complexity index is 962. The van der Waals surface area contributed by atoms with Crippen LogP contribution in [0.2, 0.25) is 0 Å². The Morgan fingerprint density at radius 1 is 0.920 bits per heavy atom. The minimum atomic E-state index is 0.514. The van der Waals surface area contributed by atoms with Crippen molar-refractivity contribution in [3.63, 3.8) is 0 Å². The summed E-state index contributed by atoms with van der Waals surface area (Å²) in [4.78, 5) is 0.